The zero-order valence-corrected chi connectivity index (χ0v) is 13.5. The van der Waals surface area contributed by atoms with E-state index in [1.54, 1.807) is 0 Å². The summed E-state index contributed by atoms with van der Waals surface area (Å²) < 4.78 is 0. The van der Waals surface area contributed by atoms with Crippen LogP contribution in [0.15, 0.2) is 0 Å². The Morgan fingerprint density at radius 1 is 0.864 bits per heavy atom. The number of Topliss-reactive ketones (excluding diaryl/α,β-unsaturated/α-hetero) is 1. The number of hydrogen-bond donors (Lipinski definition) is 3. The standard InChI is InChI=1S/C16H29NO5/c1-2-3-4-5-6-7-8-9-10-11-13(18)16(17,15(21)22)12-14(19)20/h2-12,17H2,1H3,(H,19,20)(H,21,22). The van der Waals surface area contributed by atoms with E-state index >= 15 is 0 Å². The van der Waals surface area contributed by atoms with Crippen molar-refractivity contribution >= 4 is 17.7 Å². The van der Waals surface area contributed by atoms with Gasteiger partial charge in [-0.05, 0) is 6.42 Å². The molecule has 0 heterocycles. The molecule has 0 rings (SSSR count). The van der Waals surface area contributed by atoms with E-state index in [-0.39, 0.29) is 6.42 Å². The molecule has 6 heteroatoms. The number of unbranched alkanes of at least 4 members (excludes halogenated alkanes) is 8. The summed E-state index contributed by atoms with van der Waals surface area (Å²) in [5.41, 5.74) is 3.16. The number of aliphatic carboxylic acids is 2. The van der Waals surface area contributed by atoms with Crippen molar-refractivity contribution < 1.29 is 24.6 Å². The molecule has 1 unspecified atom stereocenters. The highest BCUT2D eigenvalue weighted by atomic mass is 16.4. The molecule has 6 nitrogen and oxygen atoms in total. The third-order valence-corrected chi connectivity index (χ3v) is 3.82. The zero-order chi connectivity index (χ0) is 17.0. The normalized spacial score (nSPS) is 13.5. The van der Waals surface area contributed by atoms with E-state index in [4.69, 9.17) is 15.9 Å². The molecule has 0 saturated carbocycles. The molecule has 0 aliphatic rings. The topological polar surface area (TPSA) is 118 Å². The third-order valence-electron chi connectivity index (χ3n) is 3.82. The molecule has 0 bridgehead atoms. The maximum Gasteiger partial charge on any atom is 0.332 e. The number of carbonyl (C=O) groups is 3. The highest BCUT2D eigenvalue weighted by Crippen LogP contribution is 2.16. The van der Waals surface area contributed by atoms with E-state index in [9.17, 15) is 14.4 Å². The summed E-state index contributed by atoms with van der Waals surface area (Å²) in [6.07, 6.45) is 8.82. The Labute approximate surface area is 132 Å². The van der Waals surface area contributed by atoms with Crippen molar-refractivity contribution in [1.29, 1.82) is 0 Å². The van der Waals surface area contributed by atoms with E-state index in [1.165, 1.54) is 32.1 Å². The lowest BCUT2D eigenvalue weighted by Crippen LogP contribution is -2.56. The summed E-state index contributed by atoms with van der Waals surface area (Å²) >= 11 is 0. The van der Waals surface area contributed by atoms with Gasteiger partial charge in [-0.2, -0.15) is 0 Å². The van der Waals surface area contributed by atoms with Crippen LogP contribution in [0.4, 0.5) is 0 Å². The number of nitrogens with two attached hydrogens (primary N) is 1. The lowest BCUT2D eigenvalue weighted by atomic mass is 9.88. The molecular formula is C16H29NO5. The Morgan fingerprint density at radius 3 is 1.73 bits per heavy atom. The molecule has 22 heavy (non-hydrogen) atoms. The van der Waals surface area contributed by atoms with E-state index in [2.05, 4.69) is 6.92 Å². The predicted molar refractivity (Wildman–Crippen MR) is 83.7 cm³/mol. The van der Waals surface area contributed by atoms with Crippen molar-refractivity contribution in [2.45, 2.75) is 83.1 Å². The molecule has 0 aromatic heterocycles. The molecule has 1 atom stereocenters. The second-order valence-electron chi connectivity index (χ2n) is 5.85. The van der Waals surface area contributed by atoms with Gasteiger partial charge in [-0.25, -0.2) is 4.79 Å². The number of rotatable bonds is 14. The molecule has 128 valence electrons. The molecule has 0 radical (unpaired) electrons. The average Bonchev–Trinajstić information content (AvgIpc) is 2.44. The minimum Gasteiger partial charge on any atom is -0.481 e. The highest BCUT2D eigenvalue weighted by molar-refractivity contribution is 6.09. The molecule has 0 aliphatic heterocycles. The van der Waals surface area contributed by atoms with Gasteiger partial charge in [0.1, 0.15) is 0 Å². The highest BCUT2D eigenvalue weighted by Gasteiger charge is 2.43. The van der Waals surface area contributed by atoms with Crippen LogP contribution in [0.1, 0.15) is 77.6 Å². The number of hydrogen-bond acceptors (Lipinski definition) is 4. The van der Waals surface area contributed by atoms with Crippen LogP contribution < -0.4 is 5.73 Å². The quantitative estimate of drug-likeness (QED) is 0.335. The largest absolute Gasteiger partial charge is 0.481 e. The molecule has 0 amide bonds. The van der Waals surface area contributed by atoms with E-state index in [0.717, 1.165) is 19.3 Å². The van der Waals surface area contributed by atoms with Crippen LogP contribution in [0.2, 0.25) is 0 Å². The molecular weight excluding hydrogens is 286 g/mol. The Bertz CT molecular complexity index is 370. The van der Waals surface area contributed by atoms with Crippen molar-refractivity contribution in [2.24, 2.45) is 5.73 Å². The lowest BCUT2D eigenvalue weighted by molar-refractivity contribution is -0.154. The van der Waals surface area contributed by atoms with Gasteiger partial charge in [-0.1, -0.05) is 58.3 Å². The van der Waals surface area contributed by atoms with E-state index < -0.39 is 29.7 Å². The Hall–Kier alpha value is -1.43. The van der Waals surface area contributed by atoms with E-state index in [0.29, 0.717) is 6.42 Å². The molecule has 0 spiro atoms. The first kappa shape index (κ1) is 20.6. The van der Waals surface area contributed by atoms with Crippen molar-refractivity contribution in [3.05, 3.63) is 0 Å². The van der Waals surface area contributed by atoms with E-state index in [1.807, 2.05) is 0 Å². The summed E-state index contributed by atoms with van der Waals surface area (Å²) in [4.78, 5) is 33.6. The smallest absolute Gasteiger partial charge is 0.332 e. The predicted octanol–water partition coefficient (Wildman–Crippen LogP) is 2.73. The molecule has 0 aromatic carbocycles. The van der Waals surface area contributed by atoms with Gasteiger partial charge in [0.05, 0.1) is 6.42 Å². The zero-order valence-electron chi connectivity index (χ0n) is 13.5. The van der Waals surface area contributed by atoms with Gasteiger partial charge in [0, 0.05) is 6.42 Å². The van der Waals surface area contributed by atoms with Gasteiger partial charge in [0.2, 0.25) is 0 Å². The molecule has 0 aromatic rings. The van der Waals surface area contributed by atoms with Gasteiger partial charge >= 0.3 is 11.9 Å². The summed E-state index contributed by atoms with van der Waals surface area (Å²) in [5.74, 6) is -3.66. The molecule has 4 N–H and O–H groups in total. The number of carbonyl (C=O) groups excluding carboxylic acids is 1. The first-order valence-electron chi connectivity index (χ1n) is 8.12. The molecule has 0 saturated heterocycles. The minimum absolute atomic E-state index is 0.0198. The summed E-state index contributed by atoms with van der Waals surface area (Å²) in [6.45, 7) is 2.18. The maximum atomic E-state index is 11.9. The Balaban J connectivity index is 3.91. The van der Waals surface area contributed by atoms with Crippen LogP contribution in [0.5, 0.6) is 0 Å². The van der Waals surface area contributed by atoms with Crippen molar-refractivity contribution in [1.82, 2.24) is 0 Å². The Kier molecular flexibility index (Phi) is 10.5. The first-order chi connectivity index (χ1) is 10.3. The van der Waals surface area contributed by atoms with Gasteiger partial charge in [-0.3, -0.25) is 9.59 Å². The SMILES string of the molecule is CCCCCCCCCCCC(=O)C(N)(CC(=O)O)C(=O)O. The van der Waals surface area contributed by atoms with Gasteiger partial charge in [0.25, 0.3) is 0 Å². The van der Waals surface area contributed by atoms with Crippen molar-refractivity contribution in [3.8, 4) is 0 Å². The number of carboxylic acid groups (broad SMARTS) is 2. The number of ketones is 1. The Morgan fingerprint density at radius 2 is 1.32 bits per heavy atom. The lowest BCUT2D eigenvalue weighted by Gasteiger charge is -2.21. The fourth-order valence-corrected chi connectivity index (χ4v) is 2.35. The third kappa shape index (κ3) is 8.12. The summed E-state index contributed by atoms with van der Waals surface area (Å²) in [5, 5.41) is 17.7. The summed E-state index contributed by atoms with van der Waals surface area (Å²) in [6, 6.07) is 0. The minimum atomic E-state index is -2.30. The van der Waals surface area contributed by atoms with Crippen LogP contribution in [0, 0.1) is 0 Å². The maximum absolute atomic E-state index is 11.9. The second-order valence-corrected chi connectivity index (χ2v) is 5.85. The molecule has 0 fully saturated rings. The van der Waals surface area contributed by atoms with Crippen LogP contribution in [-0.2, 0) is 14.4 Å². The van der Waals surface area contributed by atoms with Crippen LogP contribution in [-0.4, -0.2) is 33.5 Å². The first-order valence-corrected chi connectivity index (χ1v) is 8.12. The summed E-state index contributed by atoms with van der Waals surface area (Å²) in [7, 11) is 0. The fourth-order valence-electron chi connectivity index (χ4n) is 2.35. The van der Waals surface area contributed by atoms with Crippen molar-refractivity contribution in [2.75, 3.05) is 0 Å². The fraction of sp³-hybridized carbons (Fsp3) is 0.812. The number of carboxylic acids is 2. The van der Waals surface area contributed by atoms with Crippen LogP contribution >= 0.6 is 0 Å². The van der Waals surface area contributed by atoms with Crippen LogP contribution in [0.3, 0.4) is 0 Å². The van der Waals surface area contributed by atoms with Gasteiger partial charge < -0.3 is 15.9 Å². The monoisotopic (exact) mass is 315 g/mol. The van der Waals surface area contributed by atoms with Gasteiger partial charge in [0.15, 0.2) is 11.3 Å². The van der Waals surface area contributed by atoms with Crippen molar-refractivity contribution in [3.63, 3.8) is 0 Å². The molecule has 0 aliphatic carbocycles. The van der Waals surface area contributed by atoms with Crippen LogP contribution in [0.25, 0.3) is 0 Å². The average molecular weight is 315 g/mol. The second kappa shape index (κ2) is 11.2. The van der Waals surface area contributed by atoms with Gasteiger partial charge in [-0.15, -0.1) is 0 Å².